The van der Waals surface area contributed by atoms with E-state index in [1.807, 2.05) is 0 Å². The molecule has 2 nitrogen and oxygen atoms in total. The lowest BCUT2D eigenvalue weighted by Crippen LogP contribution is -2.24. The molecule has 0 spiro atoms. The summed E-state index contributed by atoms with van der Waals surface area (Å²) < 4.78 is 0. The van der Waals surface area contributed by atoms with Crippen molar-refractivity contribution in [1.82, 2.24) is 0 Å². The van der Waals surface area contributed by atoms with Crippen molar-refractivity contribution >= 4 is 62.6 Å². The number of anilines is 5. The van der Waals surface area contributed by atoms with Crippen LogP contribution in [-0.2, 0) is 0 Å². The number of allylic oxidation sites excluding steroid dienone is 5. The lowest BCUT2D eigenvalue weighted by molar-refractivity contribution is 1.04. The van der Waals surface area contributed by atoms with Gasteiger partial charge in [-0.15, -0.1) is 0 Å². The van der Waals surface area contributed by atoms with Gasteiger partial charge in [-0.05, 0) is 126 Å². The third-order valence-corrected chi connectivity index (χ3v) is 14.1. The monoisotopic (exact) mass is 932 g/mol. The average molecular weight is 933 g/mol. The summed E-state index contributed by atoms with van der Waals surface area (Å²) in [6.07, 6.45) is 11.9. The van der Waals surface area contributed by atoms with Gasteiger partial charge in [0.15, 0.2) is 0 Å². The summed E-state index contributed by atoms with van der Waals surface area (Å²) in [5.74, 6) is 0. The predicted molar refractivity (Wildman–Crippen MR) is 312 cm³/mol. The van der Waals surface area contributed by atoms with Crippen LogP contribution in [-0.4, -0.2) is 0 Å². The van der Waals surface area contributed by atoms with Crippen LogP contribution in [0, 0.1) is 0 Å². The summed E-state index contributed by atoms with van der Waals surface area (Å²) >= 11 is 0. The molecular formula is C71H52N2. The van der Waals surface area contributed by atoms with Crippen molar-refractivity contribution in [3.8, 4) is 44.5 Å². The van der Waals surface area contributed by atoms with Crippen molar-refractivity contribution < 1.29 is 0 Å². The van der Waals surface area contributed by atoms with Crippen molar-refractivity contribution in [1.29, 1.82) is 0 Å². The largest absolute Gasteiger partial charge is 0.313 e. The smallest absolute Gasteiger partial charge is 0.0540 e. The number of hydrogen-bond donors (Lipinski definition) is 0. The van der Waals surface area contributed by atoms with Crippen LogP contribution >= 0.6 is 0 Å². The van der Waals surface area contributed by atoms with Crippen LogP contribution in [0.2, 0.25) is 0 Å². The van der Waals surface area contributed by atoms with Crippen molar-refractivity contribution in [2.45, 2.75) is 6.42 Å². The first-order valence-corrected chi connectivity index (χ1v) is 25.0. The summed E-state index contributed by atoms with van der Waals surface area (Å²) in [5.41, 5.74) is 17.5. The van der Waals surface area contributed by atoms with Gasteiger partial charge in [0.25, 0.3) is 0 Å². The molecule has 73 heavy (non-hydrogen) atoms. The van der Waals surface area contributed by atoms with E-state index in [1.54, 1.807) is 0 Å². The summed E-state index contributed by atoms with van der Waals surface area (Å²) in [7, 11) is 0. The van der Waals surface area contributed by atoms with Crippen LogP contribution in [0.4, 0.5) is 28.4 Å². The highest BCUT2D eigenvalue weighted by molar-refractivity contribution is 6.00. The van der Waals surface area contributed by atoms with Crippen LogP contribution in [0.1, 0.15) is 6.42 Å². The third kappa shape index (κ3) is 9.34. The lowest BCUT2D eigenvalue weighted by atomic mass is 9.98. The van der Waals surface area contributed by atoms with Gasteiger partial charge in [-0.1, -0.05) is 243 Å². The molecule has 0 N–H and O–H groups in total. The van der Waals surface area contributed by atoms with E-state index in [-0.39, 0.29) is 0 Å². The van der Waals surface area contributed by atoms with E-state index >= 15 is 0 Å². The molecular weight excluding hydrogens is 881 g/mol. The molecule has 0 saturated heterocycles. The van der Waals surface area contributed by atoms with Crippen LogP contribution in [0.3, 0.4) is 0 Å². The van der Waals surface area contributed by atoms with Gasteiger partial charge >= 0.3 is 0 Å². The van der Waals surface area contributed by atoms with E-state index < -0.39 is 0 Å². The SMILES string of the molecule is C=c1ccc(N(c2ccc(-c3ccc(-c4ccccc4)cc3)cc2)c2cccc3ccccc23)c/c1=C/C=C1\C=CC=C(N(c2ccc(-c3ccc(-c4ccccc4)cc3)cc2)c2cccc3ccccc23)C1. The maximum atomic E-state index is 4.53. The van der Waals surface area contributed by atoms with Gasteiger partial charge in [-0.25, -0.2) is 0 Å². The molecule has 0 atom stereocenters. The molecule has 0 saturated carbocycles. The fourth-order valence-electron chi connectivity index (χ4n) is 10.2. The maximum absolute atomic E-state index is 4.53. The number of hydrogen-bond acceptors (Lipinski definition) is 2. The molecule has 0 unspecified atom stereocenters. The molecule has 0 bridgehead atoms. The topological polar surface area (TPSA) is 6.48 Å². The second-order valence-corrected chi connectivity index (χ2v) is 18.6. The van der Waals surface area contributed by atoms with Crippen LogP contribution in [0.15, 0.2) is 296 Å². The second-order valence-electron chi connectivity index (χ2n) is 18.6. The Bertz CT molecular complexity index is 3950. The molecule has 0 aromatic heterocycles. The summed E-state index contributed by atoms with van der Waals surface area (Å²) in [5, 5.41) is 6.83. The fourth-order valence-corrected chi connectivity index (χ4v) is 10.2. The Morgan fingerprint density at radius 1 is 0.342 bits per heavy atom. The quantitative estimate of drug-likeness (QED) is 0.128. The van der Waals surface area contributed by atoms with Gasteiger partial charge in [-0.3, -0.25) is 0 Å². The molecule has 1 aliphatic carbocycles. The van der Waals surface area contributed by atoms with Crippen LogP contribution in [0.5, 0.6) is 0 Å². The number of nitrogens with zero attached hydrogens (tertiary/aromatic N) is 2. The molecule has 0 aliphatic heterocycles. The standard InChI is InChI=1S/C71H52N2/c1-51-29-44-67(73(71-28-14-23-62-21-9-11-26-69(62)71)65-47-42-60(43-48-65)58-38-34-56(35-39-58)54-18-6-3-7-19-54)50-63(51)31-30-52-15-12-24-66(49-52)72(70-27-13-22-61-20-8-10-25-68(61)70)64-45-40-59(41-46-64)57-36-32-55(33-37-57)53-16-4-2-5-17-53/h2-48,50H,1,49H2/b52-30+,63-31-. The van der Waals surface area contributed by atoms with E-state index in [4.69, 9.17) is 0 Å². The first kappa shape index (κ1) is 44.7. The van der Waals surface area contributed by atoms with Gasteiger partial charge in [0.2, 0.25) is 0 Å². The van der Waals surface area contributed by atoms with E-state index in [0.29, 0.717) is 0 Å². The highest BCUT2D eigenvalue weighted by Crippen LogP contribution is 2.41. The third-order valence-electron chi connectivity index (χ3n) is 14.1. The van der Waals surface area contributed by atoms with Gasteiger partial charge in [0.1, 0.15) is 0 Å². The van der Waals surface area contributed by atoms with Crippen molar-refractivity contribution in [2.75, 3.05) is 9.80 Å². The Morgan fingerprint density at radius 2 is 0.740 bits per heavy atom. The zero-order chi connectivity index (χ0) is 48.9. The molecule has 0 fully saturated rings. The molecule has 2 heteroatoms. The normalized spacial score (nSPS) is 13.1. The first-order valence-electron chi connectivity index (χ1n) is 25.0. The summed E-state index contributed by atoms with van der Waals surface area (Å²) in [6, 6.07) is 93.9. The lowest BCUT2D eigenvalue weighted by Gasteiger charge is -2.30. The first-order chi connectivity index (χ1) is 36.1. The van der Waals surface area contributed by atoms with E-state index in [2.05, 4.69) is 308 Å². The van der Waals surface area contributed by atoms with Gasteiger partial charge < -0.3 is 9.80 Å². The zero-order valence-electron chi connectivity index (χ0n) is 40.5. The Morgan fingerprint density at radius 3 is 1.25 bits per heavy atom. The van der Waals surface area contributed by atoms with Gasteiger partial charge in [-0.2, -0.15) is 0 Å². The summed E-state index contributed by atoms with van der Waals surface area (Å²) in [4.78, 5) is 4.81. The molecule has 11 aromatic rings. The highest BCUT2D eigenvalue weighted by atomic mass is 15.2. The van der Waals surface area contributed by atoms with Gasteiger partial charge in [0.05, 0.1) is 11.4 Å². The average Bonchev–Trinajstić information content (AvgIpc) is 3.46. The molecule has 346 valence electrons. The Kier molecular flexibility index (Phi) is 12.3. The Balaban J connectivity index is 0.870. The van der Waals surface area contributed by atoms with Crippen molar-refractivity contribution in [3.63, 3.8) is 0 Å². The number of fused-ring (bicyclic) bond motifs is 2. The second kappa shape index (κ2) is 20.1. The molecule has 11 aromatic carbocycles. The van der Waals surface area contributed by atoms with Crippen molar-refractivity contribution in [2.24, 2.45) is 0 Å². The van der Waals surface area contributed by atoms with E-state index in [1.165, 1.54) is 77.3 Å². The van der Waals surface area contributed by atoms with Crippen LogP contribution < -0.4 is 20.2 Å². The Labute approximate surface area is 428 Å². The maximum Gasteiger partial charge on any atom is 0.0540 e. The number of rotatable bonds is 11. The minimum Gasteiger partial charge on any atom is -0.313 e. The molecule has 0 heterocycles. The Hall–Kier alpha value is -9.50. The number of benzene rings is 11. The van der Waals surface area contributed by atoms with Crippen LogP contribution in [0.25, 0.3) is 78.7 Å². The predicted octanol–water partition coefficient (Wildman–Crippen LogP) is 17.9. The molecule has 12 rings (SSSR count). The minimum atomic E-state index is 0.745. The molecule has 1 aliphatic rings. The van der Waals surface area contributed by atoms with E-state index in [0.717, 1.165) is 45.3 Å². The zero-order valence-corrected chi connectivity index (χ0v) is 40.5. The fraction of sp³-hybridized carbons (Fsp3) is 0.0141. The molecule has 0 amide bonds. The summed E-state index contributed by atoms with van der Waals surface area (Å²) in [6.45, 7) is 4.53. The van der Waals surface area contributed by atoms with Gasteiger partial charge in [0, 0.05) is 40.0 Å². The minimum absolute atomic E-state index is 0.745. The van der Waals surface area contributed by atoms with Crippen molar-refractivity contribution in [3.05, 3.63) is 307 Å². The highest BCUT2D eigenvalue weighted by Gasteiger charge is 2.20. The molecule has 0 radical (unpaired) electrons. The van der Waals surface area contributed by atoms with E-state index in [9.17, 15) is 0 Å².